The predicted molar refractivity (Wildman–Crippen MR) is 92.5 cm³/mol. The molecule has 2 unspecified atom stereocenters. The molecule has 2 rings (SSSR count). The second-order valence-corrected chi connectivity index (χ2v) is 6.40. The molecule has 2 N–H and O–H groups in total. The van der Waals surface area contributed by atoms with Crippen LogP contribution in [-0.2, 0) is 9.59 Å². The summed E-state index contributed by atoms with van der Waals surface area (Å²) in [6.45, 7) is 8.57. The highest BCUT2D eigenvalue weighted by Crippen LogP contribution is 2.42. The molecule has 1 aromatic rings. The van der Waals surface area contributed by atoms with Crippen LogP contribution in [0.2, 0.25) is 0 Å². The largest absolute Gasteiger partial charge is 0.465 e. The van der Waals surface area contributed by atoms with Gasteiger partial charge in [-0.05, 0) is 31.0 Å². The monoisotopic (exact) mass is 333 g/mol. The van der Waals surface area contributed by atoms with Crippen LogP contribution in [0.5, 0.6) is 0 Å². The number of benzene rings is 1. The first kappa shape index (κ1) is 17.8. The van der Waals surface area contributed by atoms with E-state index in [1.807, 2.05) is 20.8 Å². The molecule has 130 valence electrons. The summed E-state index contributed by atoms with van der Waals surface area (Å²) >= 11 is 0. The summed E-state index contributed by atoms with van der Waals surface area (Å²) < 4.78 is 0. The number of anilines is 3. The molecule has 1 aromatic carbocycles. The fraction of sp³-hybridized carbons (Fsp3) is 0.471. The Morgan fingerprint density at radius 2 is 1.75 bits per heavy atom. The van der Waals surface area contributed by atoms with Gasteiger partial charge in [0.15, 0.2) is 0 Å². The zero-order chi connectivity index (χ0) is 18.2. The predicted octanol–water partition coefficient (Wildman–Crippen LogP) is 2.91. The third-order valence-corrected chi connectivity index (χ3v) is 4.24. The summed E-state index contributed by atoms with van der Waals surface area (Å²) in [5.74, 6) is -0.371. The number of rotatable bonds is 2. The fourth-order valence-electron chi connectivity index (χ4n) is 3.49. The Morgan fingerprint density at radius 3 is 2.21 bits per heavy atom. The van der Waals surface area contributed by atoms with Gasteiger partial charge < -0.3 is 15.3 Å². The van der Waals surface area contributed by atoms with Gasteiger partial charge in [0.05, 0.1) is 23.5 Å². The lowest BCUT2D eigenvalue weighted by Crippen LogP contribution is -2.60. The third kappa shape index (κ3) is 3.06. The van der Waals surface area contributed by atoms with E-state index in [1.54, 1.807) is 23.1 Å². The molecule has 3 amide bonds. The van der Waals surface area contributed by atoms with Gasteiger partial charge >= 0.3 is 6.09 Å². The van der Waals surface area contributed by atoms with Crippen LogP contribution in [0.3, 0.4) is 0 Å². The summed E-state index contributed by atoms with van der Waals surface area (Å²) in [7, 11) is 0. The lowest BCUT2D eigenvalue weighted by atomic mass is 9.90. The molecule has 0 radical (unpaired) electrons. The van der Waals surface area contributed by atoms with Crippen molar-refractivity contribution in [3.63, 3.8) is 0 Å². The number of nitrogens with one attached hydrogen (secondary N) is 1. The van der Waals surface area contributed by atoms with Gasteiger partial charge in [0.2, 0.25) is 11.8 Å². The molecule has 7 nitrogen and oxygen atoms in total. The number of nitrogens with zero attached hydrogens (tertiary/aromatic N) is 2. The fourth-order valence-corrected chi connectivity index (χ4v) is 3.49. The molecule has 1 aliphatic heterocycles. The maximum absolute atomic E-state index is 12.2. The quantitative estimate of drug-likeness (QED) is 0.871. The van der Waals surface area contributed by atoms with Crippen LogP contribution in [0.25, 0.3) is 0 Å². The van der Waals surface area contributed by atoms with Crippen molar-refractivity contribution in [2.24, 2.45) is 5.92 Å². The van der Waals surface area contributed by atoms with Crippen LogP contribution < -0.4 is 15.1 Å². The summed E-state index contributed by atoms with van der Waals surface area (Å²) in [4.78, 5) is 38.3. The Balaban J connectivity index is 2.66. The van der Waals surface area contributed by atoms with Crippen molar-refractivity contribution >= 4 is 35.0 Å². The van der Waals surface area contributed by atoms with E-state index in [2.05, 4.69) is 5.32 Å². The molecular weight excluding hydrogens is 310 g/mol. The van der Waals surface area contributed by atoms with Gasteiger partial charge in [0, 0.05) is 19.5 Å². The molecule has 0 aromatic heterocycles. The van der Waals surface area contributed by atoms with E-state index in [0.717, 1.165) is 0 Å². The number of carbonyl (C=O) groups is 3. The molecule has 0 bridgehead atoms. The number of fused-ring (bicyclic) bond motifs is 1. The van der Waals surface area contributed by atoms with Crippen LogP contribution in [-0.4, -0.2) is 35.1 Å². The number of carboxylic acid groups (broad SMARTS) is 1. The smallest absolute Gasteiger partial charge is 0.412 e. The van der Waals surface area contributed by atoms with E-state index in [9.17, 15) is 19.5 Å². The van der Waals surface area contributed by atoms with Gasteiger partial charge in [0.1, 0.15) is 0 Å². The van der Waals surface area contributed by atoms with Crippen molar-refractivity contribution in [3.8, 4) is 0 Å². The summed E-state index contributed by atoms with van der Waals surface area (Å²) in [5.41, 5.74) is 1.46. The van der Waals surface area contributed by atoms with Crippen LogP contribution in [0.4, 0.5) is 21.9 Å². The molecule has 7 heteroatoms. The minimum atomic E-state index is -1.06. The molecule has 0 saturated heterocycles. The van der Waals surface area contributed by atoms with Crippen molar-refractivity contribution in [2.75, 3.05) is 15.1 Å². The Morgan fingerprint density at radius 1 is 1.12 bits per heavy atom. The van der Waals surface area contributed by atoms with Crippen LogP contribution in [0.1, 0.15) is 34.6 Å². The normalized spacial score (nSPS) is 19.9. The van der Waals surface area contributed by atoms with E-state index in [-0.39, 0.29) is 29.8 Å². The first-order valence-electron chi connectivity index (χ1n) is 7.88. The molecule has 1 heterocycles. The first-order valence-corrected chi connectivity index (χ1v) is 7.88. The average Bonchev–Trinajstić information content (AvgIpc) is 2.43. The van der Waals surface area contributed by atoms with Crippen molar-refractivity contribution in [1.82, 2.24) is 0 Å². The van der Waals surface area contributed by atoms with E-state index < -0.39 is 6.09 Å². The Labute approximate surface area is 141 Å². The van der Waals surface area contributed by atoms with E-state index >= 15 is 0 Å². The number of amides is 3. The zero-order valence-electron chi connectivity index (χ0n) is 14.5. The topological polar surface area (TPSA) is 90.0 Å². The molecule has 0 spiro atoms. The van der Waals surface area contributed by atoms with E-state index in [0.29, 0.717) is 17.1 Å². The minimum Gasteiger partial charge on any atom is -0.465 e. The highest BCUT2D eigenvalue weighted by atomic mass is 16.4. The molecule has 0 saturated carbocycles. The SMILES string of the molecule is CC(=O)Nc1ccc2c(c1)N(C(C)=O)C(C)C(C(C)C)N2C(=O)O. The Kier molecular flexibility index (Phi) is 4.82. The second kappa shape index (κ2) is 6.51. The highest BCUT2D eigenvalue weighted by Gasteiger charge is 2.42. The second-order valence-electron chi connectivity index (χ2n) is 6.40. The van der Waals surface area contributed by atoms with Gasteiger partial charge in [-0.1, -0.05) is 13.8 Å². The average molecular weight is 333 g/mol. The summed E-state index contributed by atoms with van der Waals surface area (Å²) in [5, 5.41) is 12.4. The van der Waals surface area contributed by atoms with Gasteiger partial charge in [-0.3, -0.25) is 14.5 Å². The standard InChI is InChI=1S/C17H23N3O4/c1-9(2)16-10(3)19(12(5)22)15-8-13(18-11(4)21)6-7-14(15)20(16)17(23)24/h6-10,16H,1-5H3,(H,18,21)(H,23,24). The van der Waals surface area contributed by atoms with Crippen molar-refractivity contribution in [2.45, 2.75) is 46.7 Å². The number of hydrogen-bond acceptors (Lipinski definition) is 3. The van der Waals surface area contributed by atoms with Crippen LogP contribution in [0.15, 0.2) is 18.2 Å². The number of hydrogen-bond donors (Lipinski definition) is 2. The van der Waals surface area contributed by atoms with Gasteiger partial charge in [-0.25, -0.2) is 4.79 Å². The summed E-state index contributed by atoms with van der Waals surface area (Å²) in [6.07, 6.45) is -1.06. The molecule has 24 heavy (non-hydrogen) atoms. The van der Waals surface area contributed by atoms with Gasteiger partial charge in [-0.2, -0.15) is 0 Å². The lowest BCUT2D eigenvalue weighted by molar-refractivity contribution is -0.117. The maximum Gasteiger partial charge on any atom is 0.412 e. The maximum atomic E-state index is 12.2. The minimum absolute atomic E-state index is 0.0288. The molecule has 0 aliphatic carbocycles. The van der Waals surface area contributed by atoms with Crippen LogP contribution in [0, 0.1) is 5.92 Å². The highest BCUT2D eigenvalue weighted by molar-refractivity contribution is 6.03. The van der Waals surface area contributed by atoms with Crippen molar-refractivity contribution in [1.29, 1.82) is 0 Å². The lowest BCUT2D eigenvalue weighted by Gasteiger charge is -2.47. The van der Waals surface area contributed by atoms with Crippen molar-refractivity contribution in [3.05, 3.63) is 18.2 Å². The summed E-state index contributed by atoms with van der Waals surface area (Å²) in [6, 6.07) is 4.23. The molecular formula is C17H23N3O4. The van der Waals surface area contributed by atoms with E-state index in [1.165, 1.54) is 18.7 Å². The number of carbonyl (C=O) groups excluding carboxylic acids is 2. The molecule has 0 fully saturated rings. The zero-order valence-corrected chi connectivity index (χ0v) is 14.5. The van der Waals surface area contributed by atoms with Gasteiger partial charge in [0.25, 0.3) is 0 Å². The van der Waals surface area contributed by atoms with E-state index in [4.69, 9.17) is 0 Å². The third-order valence-electron chi connectivity index (χ3n) is 4.24. The molecule has 1 aliphatic rings. The Bertz CT molecular complexity index is 686. The van der Waals surface area contributed by atoms with Crippen LogP contribution >= 0.6 is 0 Å². The van der Waals surface area contributed by atoms with Crippen molar-refractivity contribution < 1.29 is 19.5 Å². The first-order chi connectivity index (χ1) is 11.1. The Hall–Kier alpha value is -2.57. The molecule has 2 atom stereocenters. The van der Waals surface area contributed by atoms with Gasteiger partial charge in [-0.15, -0.1) is 0 Å².